The van der Waals surface area contributed by atoms with E-state index in [1.54, 1.807) is 13.0 Å². The van der Waals surface area contributed by atoms with Gasteiger partial charge in [-0.15, -0.1) is 11.3 Å². The van der Waals surface area contributed by atoms with Gasteiger partial charge in [0.2, 0.25) is 0 Å². The quantitative estimate of drug-likeness (QED) is 0.844. The minimum atomic E-state index is -0.837. The van der Waals surface area contributed by atoms with Crippen molar-refractivity contribution >= 4 is 38.9 Å². The minimum absolute atomic E-state index is 0.237. The van der Waals surface area contributed by atoms with Crippen LogP contribution in [0.2, 0.25) is 5.02 Å². The molecule has 0 radical (unpaired) electrons. The maximum Gasteiger partial charge on any atom is 0.127 e. The number of aliphatic hydroxyl groups excluding tert-OH is 1. The summed E-state index contributed by atoms with van der Waals surface area (Å²) in [5, 5.41) is 12.3. The van der Waals surface area contributed by atoms with Gasteiger partial charge in [-0.2, -0.15) is 0 Å². The number of aryl methyl sites for hydroxylation is 1. The lowest BCUT2D eigenvalue weighted by Crippen LogP contribution is -2.00. The molecule has 0 aliphatic rings. The van der Waals surface area contributed by atoms with Gasteiger partial charge in [0.1, 0.15) is 11.9 Å². The molecule has 5 heteroatoms. The van der Waals surface area contributed by atoms with Crippen molar-refractivity contribution in [2.75, 3.05) is 0 Å². The van der Waals surface area contributed by atoms with Gasteiger partial charge in [-0.25, -0.2) is 4.39 Å². The van der Waals surface area contributed by atoms with Crippen LogP contribution >= 0.6 is 38.9 Å². The van der Waals surface area contributed by atoms with Crippen LogP contribution in [0.4, 0.5) is 4.39 Å². The Morgan fingerprint density at radius 1 is 1.47 bits per heavy atom. The number of rotatable bonds is 2. The standard InChI is InChI=1S/C12H9BrClFOS/c1-6-4-7(9(14)5-10(6)15)11(16)12-8(13)2-3-17-12/h2-5,11,16H,1H3. The highest BCUT2D eigenvalue weighted by Gasteiger charge is 2.19. The third kappa shape index (κ3) is 2.55. The Morgan fingerprint density at radius 3 is 2.76 bits per heavy atom. The molecule has 0 saturated carbocycles. The van der Waals surface area contributed by atoms with Crippen molar-refractivity contribution in [2.24, 2.45) is 0 Å². The second-order valence-electron chi connectivity index (χ2n) is 3.66. The zero-order chi connectivity index (χ0) is 12.6. The predicted octanol–water partition coefficient (Wildman–Crippen LogP) is 4.69. The third-order valence-corrected chi connectivity index (χ3v) is 4.72. The number of halogens is 3. The lowest BCUT2D eigenvalue weighted by atomic mass is 10.0. The van der Waals surface area contributed by atoms with Crippen molar-refractivity contribution in [3.8, 4) is 0 Å². The number of hydrogen-bond acceptors (Lipinski definition) is 2. The van der Waals surface area contributed by atoms with E-state index in [1.807, 2.05) is 11.4 Å². The summed E-state index contributed by atoms with van der Waals surface area (Å²) in [6.07, 6.45) is -0.837. The van der Waals surface area contributed by atoms with Crippen LogP contribution in [0.1, 0.15) is 22.1 Å². The Bertz CT molecular complexity index is 555. The highest BCUT2D eigenvalue weighted by molar-refractivity contribution is 9.10. The van der Waals surface area contributed by atoms with Gasteiger partial charge in [0, 0.05) is 15.1 Å². The van der Waals surface area contributed by atoms with E-state index in [-0.39, 0.29) is 10.8 Å². The van der Waals surface area contributed by atoms with Crippen LogP contribution in [0.3, 0.4) is 0 Å². The molecule has 1 N–H and O–H groups in total. The summed E-state index contributed by atoms with van der Waals surface area (Å²) >= 11 is 10.7. The van der Waals surface area contributed by atoms with E-state index in [4.69, 9.17) is 11.6 Å². The lowest BCUT2D eigenvalue weighted by molar-refractivity contribution is 0.223. The molecule has 0 amide bonds. The zero-order valence-electron chi connectivity index (χ0n) is 8.88. The van der Waals surface area contributed by atoms with E-state index in [1.165, 1.54) is 17.4 Å². The first-order chi connectivity index (χ1) is 8.00. The van der Waals surface area contributed by atoms with E-state index >= 15 is 0 Å². The molecule has 2 aromatic rings. The molecule has 0 spiro atoms. The van der Waals surface area contributed by atoms with E-state index < -0.39 is 6.10 Å². The Hall–Kier alpha value is -0.420. The summed E-state index contributed by atoms with van der Waals surface area (Å²) < 4.78 is 14.1. The van der Waals surface area contributed by atoms with Gasteiger partial charge in [0.15, 0.2) is 0 Å². The van der Waals surface area contributed by atoms with Crippen molar-refractivity contribution in [3.63, 3.8) is 0 Å². The molecular weight excluding hydrogens is 327 g/mol. The van der Waals surface area contributed by atoms with Crippen LogP contribution in [0.15, 0.2) is 28.1 Å². The zero-order valence-corrected chi connectivity index (χ0v) is 12.0. The molecule has 1 nitrogen and oxygen atoms in total. The number of hydrogen-bond donors (Lipinski definition) is 1. The topological polar surface area (TPSA) is 20.2 Å². The molecule has 0 fully saturated rings. The van der Waals surface area contributed by atoms with Crippen LogP contribution in [-0.4, -0.2) is 5.11 Å². The van der Waals surface area contributed by atoms with Crippen LogP contribution in [0.25, 0.3) is 0 Å². The fourth-order valence-corrected chi connectivity index (χ4v) is 3.38. The molecule has 1 atom stereocenters. The van der Waals surface area contributed by atoms with Gasteiger partial charge in [-0.1, -0.05) is 11.6 Å². The number of thiophene rings is 1. The molecule has 1 heterocycles. The van der Waals surface area contributed by atoms with Gasteiger partial charge >= 0.3 is 0 Å². The fraction of sp³-hybridized carbons (Fsp3) is 0.167. The Kier molecular flexibility index (Phi) is 3.88. The summed E-state index contributed by atoms with van der Waals surface area (Å²) in [6.45, 7) is 1.64. The summed E-state index contributed by atoms with van der Waals surface area (Å²) in [4.78, 5) is 0.762. The molecular formula is C12H9BrClFOS. The Morgan fingerprint density at radius 2 is 2.18 bits per heavy atom. The van der Waals surface area contributed by atoms with Gasteiger partial charge in [-0.05, 0) is 52.0 Å². The monoisotopic (exact) mass is 334 g/mol. The highest BCUT2D eigenvalue weighted by atomic mass is 79.9. The second-order valence-corrected chi connectivity index (χ2v) is 5.87. The van der Waals surface area contributed by atoms with E-state index in [0.717, 1.165) is 9.35 Å². The largest absolute Gasteiger partial charge is 0.383 e. The third-order valence-electron chi connectivity index (χ3n) is 2.47. The summed E-state index contributed by atoms with van der Waals surface area (Å²) in [6, 6.07) is 4.67. The van der Waals surface area contributed by atoms with Gasteiger partial charge in [-0.3, -0.25) is 0 Å². The number of benzene rings is 1. The van der Waals surface area contributed by atoms with Crippen molar-refractivity contribution in [1.82, 2.24) is 0 Å². The first-order valence-corrected chi connectivity index (χ1v) is 6.92. The van der Waals surface area contributed by atoms with Crippen molar-refractivity contribution in [1.29, 1.82) is 0 Å². The minimum Gasteiger partial charge on any atom is -0.383 e. The van der Waals surface area contributed by atoms with E-state index in [0.29, 0.717) is 11.1 Å². The van der Waals surface area contributed by atoms with Gasteiger partial charge < -0.3 is 5.11 Å². The van der Waals surface area contributed by atoms with Crippen molar-refractivity contribution < 1.29 is 9.50 Å². The molecule has 1 aromatic carbocycles. The Balaban J connectivity index is 2.48. The van der Waals surface area contributed by atoms with Crippen LogP contribution in [0, 0.1) is 12.7 Å². The summed E-state index contributed by atoms with van der Waals surface area (Å²) in [5.74, 6) is -0.365. The first-order valence-electron chi connectivity index (χ1n) is 4.87. The first kappa shape index (κ1) is 13.0. The molecule has 1 unspecified atom stereocenters. The van der Waals surface area contributed by atoms with Crippen molar-refractivity contribution in [3.05, 3.63) is 54.9 Å². The smallest absolute Gasteiger partial charge is 0.127 e. The number of aliphatic hydroxyl groups is 1. The maximum atomic E-state index is 13.3. The average Bonchev–Trinajstić information content (AvgIpc) is 2.69. The average molecular weight is 336 g/mol. The Labute approximate surface area is 116 Å². The molecule has 0 saturated heterocycles. The molecule has 0 aliphatic carbocycles. The van der Waals surface area contributed by atoms with E-state index in [9.17, 15) is 9.50 Å². The van der Waals surface area contributed by atoms with Gasteiger partial charge in [0.25, 0.3) is 0 Å². The molecule has 0 aliphatic heterocycles. The molecule has 17 heavy (non-hydrogen) atoms. The van der Waals surface area contributed by atoms with Gasteiger partial charge in [0.05, 0.1) is 4.88 Å². The molecule has 90 valence electrons. The van der Waals surface area contributed by atoms with Crippen LogP contribution < -0.4 is 0 Å². The summed E-state index contributed by atoms with van der Waals surface area (Å²) in [5.41, 5.74) is 0.991. The second kappa shape index (κ2) is 5.06. The van der Waals surface area contributed by atoms with Crippen molar-refractivity contribution in [2.45, 2.75) is 13.0 Å². The molecule has 2 rings (SSSR count). The summed E-state index contributed by atoms with van der Waals surface area (Å²) in [7, 11) is 0. The fourth-order valence-electron chi connectivity index (χ4n) is 1.53. The lowest BCUT2D eigenvalue weighted by Gasteiger charge is -2.13. The molecule has 1 aromatic heterocycles. The maximum absolute atomic E-state index is 13.3. The molecule has 0 bridgehead atoms. The van der Waals surface area contributed by atoms with Crippen LogP contribution in [-0.2, 0) is 0 Å². The highest BCUT2D eigenvalue weighted by Crippen LogP contribution is 2.36. The van der Waals surface area contributed by atoms with Crippen LogP contribution in [0.5, 0.6) is 0 Å². The predicted molar refractivity (Wildman–Crippen MR) is 72.2 cm³/mol. The van der Waals surface area contributed by atoms with E-state index in [2.05, 4.69) is 15.9 Å². The normalized spacial score (nSPS) is 12.8. The SMILES string of the molecule is Cc1cc(C(O)c2sccc2Br)c(Cl)cc1F.